The van der Waals surface area contributed by atoms with E-state index < -0.39 is 29.9 Å². The van der Waals surface area contributed by atoms with Crippen LogP contribution in [0.15, 0.2) is 11.6 Å². The summed E-state index contributed by atoms with van der Waals surface area (Å²) in [5, 5.41) is 13.0. The highest BCUT2D eigenvalue weighted by atomic mass is 32.1. The van der Waals surface area contributed by atoms with Crippen LogP contribution in [-0.4, -0.2) is 46.6 Å². The summed E-state index contributed by atoms with van der Waals surface area (Å²) in [6, 6.07) is 0. The number of rotatable bonds is 3. The Hall–Kier alpha value is -0.570. The molecule has 0 aliphatic carbocycles. The Kier molecular flexibility index (Phi) is 3.84. The van der Waals surface area contributed by atoms with E-state index in [0.29, 0.717) is 11.6 Å². The molecule has 1 aromatic heterocycles. The zero-order valence-electron chi connectivity index (χ0n) is 12.6. The highest BCUT2D eigenvalue weighted by Crippen LogP contribution is 2.40. The van der Waals surface area contributed by atoms with Gasteiger partial charge in [-0.1, -0.05) is 0 Å². The number of thiazole rings is 1. The summed E-state index contributed by atoms with van der Waals surface area (Å²) in [6.07, 6.45) is -0.392. The summed E-state index contributed by atoms with van der Waals surface area (Å²) in [4.78, 5) is 4.16. The van der Waals surface area contributed by atoms with Crippen molar-refractivity contribution >= 4 is 11.3 Å². The second kappa shape index (κ2) is 5.26. The van der Waals surface area contributed by atoms with Gasteiger partial charge in [0.05, 0.1) is 6.61 Å². The Morgan fingerprint density at radius 1 is 1.24 bits per heavy atom. The van der Waals surface area contributed by atoms with Crippen LogP contribution < -0.4 is 0 Å². The van der Waals surface area contributed by atoms with Gasteiger partial charge in [-0.3, -0.25) is 0 Å². The Balaban J connectivity index is 1.80. The van der Waals surface area contributed by atoms with Crippen LogP contribution >= 0.6 is 11.3 Å². The van der Waals surface area contributed by atoms with Crippen LogP contribution in [0.2, 0.25) is 0 Å². The van der Waals surface area contributed by atoms with Gasteiger partial charge in [-0.2, -0.15) is 0 Å². The number of hydrogen-bond acceptors (Lipinski definition) is 7. The van der Waals surface area contributed by atoms with Gasteiger partial charge in [0.2, 0.25) is 0 Å². The smallest absolute Gasteiger partial charge is 0.164 e. The van der Waals surface area contributed by atoms with Crippen molar-refractivity contribution < 1.29 is 24.1 Å². The minimum atomic E-state index is -0.843. The molecule has 118 valence electrons. The first-order valence-corrected chi connectivity index (χ1v) is 7.90. The van der Waals surface area contributed by atoms with Crippen molar-refractivity contribution in [2.45, 2.75) is 63.7 Å². The van der Waals surface area contributed by atoms with Crippen molar-refractivity contribution in [3.05, 3.63) is 16.6 Å². The van der Waals surface area contributed by atoms with Crippen molar-refractivity contribution in [2.75, 3.05) is 6.61 Å². The van der Waals surface area contributed by atoms with Crippen LogP contribution in [0.1, 0.15) is 38.8 Å². The molecule has 0 radical (unpaired) electrons. The van der Waals surface area contributed by atoms with Crippen molar-refractivity contribution in [1.82, 2.24) is 4.98 Å². The number of hydrogen-bond donors (Lipinski definition) is 1. The molecule has 0 bridgehead atoms. The molecule has 0 amide bonds. The molecule has 2 fully saturated rings. The van der Waals surface area contributed by atoms with Crippen molar-refractivity contribution in [3.8, 4) is 0 Å². The summed E-state index contributed by atoms with van der Waals surface area (Å²) in [5.74, 6) is -1.42. The van der Waals surface area contributed by atoms with Gasteiger partial charge >= 0.3 is 0 Å². The van der Waals surface area contributed by atoms with Gasteiger partial charge in [0.1, 0.15) is 29.4 Å². The maximum Gasteiger partial charge on any atom is 0.164 e. The molecule has 2 aliphatic heterocycles. The van der Waals surface area contributed by atoms with Crippen molar-refractivity contribution in [1.29, 1.82) is 0 Å². The number of aliphatic hydroxyl groups excluding tert-OH is 1. The third kappa shape index (κ3) is 3.13. The molecule has 0 saturated carbocycles. The average molecular weight is 315 g/mol. The lowest BCUT2D eigenvalue weighted by Crippen LogP contribution is -2.41. The predicted octanol–water partition coefficient (Wildman–Crippen LogP) is 1.85. The molecule has 0 spiro atoms. The molecule has 1 aromatic rings. The molecule has 4 atom stereocenters. The lowest BCUT2D eigenvalue weighted by Gasteiger charge is -2.25. The quantitative estimate of drug-likeness (QED) is 0.918. The van der Waals surface area contributed by atoms with Gasteiger partial charge in [-0.05, 0) is 27.7 Å². The van der Waals surface area contributed by atoms with Crippen LogP contribution in [0.3, 0.4) is 0 Å². The van der Waals surface area contributed by atoms with E-state index in [9.17, 15) is 5.11 Å². The van der Waals surface area contributed by atoms with Crippen LogP contribution in [-0.2, 0) is 18.9 Å². The van der Waals surface area contributed by atoms with Gasteiger partial charge in [0.25, 0.3) is 0 Å². The van der Waals surface area contributed by atoms with E-state index in [1.807, 2.05) is 33.1 Å². The SMILES string of the molecule is CC1(C)O[C@H]([C@@H]2COC(C)(C)O2)[C@@H]([C@H](O)c2nccs2)O1. The Morgan fingerprint density at radius 2 is 2.00 bits per heavy atom. The molecule has 0 unspecified atom stereocenters. The van der Waals surface area contributed by atoms with E-state index in [0.717, 1.165) is 0 Å². The molecule has 2 saturated heterocycles. The second-order valence-electron chi connectivity index (χ2n) is 6.25. The summed E-state index contributed by atoms with van der Waals surface area (Å²) in [6.45, 7) is 7.80. The molecule has 1 N–H and O–H groups in total. The lowest BCUT2D eigenvalue weighted by atomic mass is 10.0. The molecule has 2 aliphatic rings. The van der Waals surface area contributed by atoms with Crippen LogP contribution in [0, 0.1) is 0 Å². The maximum atomic E-state index is 10.5. The lowest BCUT2D eigenvalue weighted by molar-refractivity contribution is -0.175. The van der Waals surface area contributed by atoms with Crippen molar-refractivity contribution in [2.24, 2.45) is 0 Å². The largest absolute Gasteiger partial charge is 0.383 e. The second-order valence-corrected chi connectivity index (χ2v) is 7.17. The van der Waals surface area contributed by atoms with Crippen molar-refractivity contribution in [3.63, 3.8) is 0 Å². The fraction of sp³-hybridized carbons (Fsp3) is 0.786. The monoisotopic (exact) mass is 315 g/mol. The standard InChI is InChI=1S/C14H21NO5S/c1-13(2)17-7-8(18-13)10-11(20-14(3,4)19-10)9(16)12-15-5-6-21-12/h5-6,8-11,16H,7H2,1-4H3/t8-,9-,10+,11+/m0/s1. The topological polar surface area (TPSA) is 70.0 Å². The first kappa shape index (κ1) is 15.3. The van der Waals surface area contributed by atoms with Crippen LogP contribution in [0.25, 0.3) is 0 Å². The molecule has 7 heteroatoms. The zero-order chi connectivity index (χ0) is 15.3. The van der Waals surface area contributed by atoms with Gasteiger partial charge < -0.3 is 24.1 Å². The normalized spacial score (nSPS) is 36.0. The Labute approximate surface area is 128 Å². The summed E-state index contributed by atoms with van der Waals surface area (Å²) >= 11 is 1.39. The predicted molar refractivity (Wildman–Crippen MR) is 75.8 cm³/mol. The highest BCUT2D eigenvalue weighted by molar-refractivity contribution is 7.09. The highest BCUT2D eigenvalue weighted by Gasteiger charge is 2.52. The van der Waals surface area contributed by atoms with E-state index in [4.69, 9.17) is 18.9 Å². The fourth-order valence-electron chi connectivity index (χ4n) is 2.75. The summed E-state index contributed by atoms with van der Waals surface area (Å²) < 4.78 is 23.3. The number of aromatic nitrogens is 1. The van der Waals surface area contributed by atoms with E-state index in [-0.39, 0.29) is 6.10 Å². The fourth-order valence-corrected chi connectivity index (χ4v) is 3.40. The summed E-state index contributed by atoms with van der Waals surface area (Å²) in [7, 11) is 0. The minimum absolute atomic E-state index is 0.276. The van der Waals surface area contributed by atoms with Gasteiger partial charge in [0.15, 0.2) is 11.6 Å². The number of ether oxygens (including phenoxy) is 4. The van der Waals surface area contributed by atoms with E-state index >= 15 is 0 Å². The molecule has 0 aromatic carbocycles. The van der Waals surface area contributed by atoms with Crippen LogP contribution in [0.5, 0.6) is 0 Å². The molecular weight excluding hydrogens is 294 g/mol. The van der Waals surface area contributed by atoms with Crippen LogP contribution in [0.4, 0.5) is 0 Å². The molecule has 3 rings (SSSR count). The number of aliphatic hydroxyl groups is 1. The van der Waals surface area contributed by atoms with E-state index in [1.54, 1.807) is 6.20 Å². The third-order valence-electron chi connectivity index (χ3n) is 3.58. The maximum absolute atomic E-state index is 10.5. The van der Waals surface area contributed by atoms with Gasteiger partial charge in [0, 0.05) is 11.6 Å². The Morgan fingerprint density at radius 3 is 2.57 bits per heavy atom. The first-order chi connectivity index (χ1) is 9.77. The van der Waals surface area contributed by atoms with E-state index in [2.05, 4.69) is 4.98 Å². The average Bonchev–Trinajstić information content (AvgIpc) is 3.06. The summed E-state index contributed by atoms with van der Waals surface area (Å²) in [5.41, 5.74) is 0. The molecule has 21 heavy (non-hydrogen) atoms. The Bertz CT molecular complexity index is 490. The van der Waals surface area contributed by atoms with Gasteiger partial charge in [-0.15, -0.1) is 11.3 Å². The van der Waals surface area contributed by atoms with Gasteiger partial charge in [-0.25, -0.2) is 4.98 Å². The number of nitrogens with zero attached hydrogens (tertiary/aromatic N) is 1. The zero-order valence-corrected chi connectivity index (χ0v) is 13.4. The first-order valence-electron chi connectivity index (χ1n) is 7.02. The minimum Gasteiger partial charge on any atom is -0.383 e. The molecule has 6 nitrogen and oxygen atoms in total. The third-order valence-corrected chi connectivity index (χ3v) is 4.42. The molecular formula is C14H21NO5S. The van der Waals surface area contributed by atoms with E-state index in [1.165, 1.54) is 11.3 Å². The molecule has 3 heterocycles.